The largest absolute Gasteiger partial charge is 0.357 e. The van der Waals surface area contributed by atoms with Gasteiger partial charge in [0.1, 0.15) is 5.82 Å². The molecule has 124 valence electrons. The Balaban J connectivity index is 1.91. The molecule has 0 amide bonds. The quantitative estimate of drug-likeness (QED) is 0.658. The van der Waals surface area contributed by atoms with E-state index < -0.39 is 0 Å². The summed E-state index contributed by atoms with van der Waals surface area (Å²) in [6.07, 6.45) is 4.08. The standard InChI is InChI=1S/C18H25FN4/c1-18(2,15-6-5-7-16(19)10-15)13-22-17(20-3)21-11-14-8-9-23(4)12-14/h5-10,12H,11,13H2,1-4H3,(H2,20,21,22). The van der Waals surface area contributed by atoms with Crippen LogP contribution in [0.3, 0.4) is 0 Å². The molecule has 0 saturated heterocycles. The monoisotopic (exact) mass is 316 g/mol. The summed E-state index contributed by atoms with van der Waals surface area (Å²) in [5, 5.41) is 6.60. The topological polar surface area (TPSA) is 41.4 Å². The molecule has 0 unspecified atom stereocenters. The van der Waals surface area contributed by atoms with Crippen molar-refractivity contribution in [1.29, 1.82) is 0 Å². The fraction of sp³-hybridized carbons (Fsp3) is 0.389. The van der Waals surface area contributed by atoms with Gasteiger partial charge in [-0.05, 0) is 29.3 Å². The Kier molecular flexibility index (Phi) is 5.42. The Hall–Kier alpha value is -2.30. The summed E-state index contributed by atoms with van der Waals surface area (Å²) in [6, 6.07) is 8.81. The maximum absolute atomic E-state index is 13.4. The highest BCUT2D eigenvalue weighted by Gasteiger charge is 2.21. The van der Waals surface area contributed by atoms with Crippen LogP contribution < -0.4 is 10.6 Å². The van der Waals surface area contributed by atoms with Crippen molar-refractivity contribution >= 4 is 5.96 Å². The Labute approximate surface area is 137 Å². The van der Waals surface area contributed by atoms with Crippen molar-refractivity contribution in [2.24, 2.45) is 12.0 Å². The molecule has 1 heterocycles. The first-order chi connectivity index (χ1) is 10.9. The fourth-order valence-corrected chi connectivity index (χ4v) is 2.39. The van der Waals surface area contributed by atoms with Crippen molar-refractivity contribution in [2.45, 2.75) is 25.8 Å². The third-order valence-electron chi connectivity index (χ3n) is 3.88. The number of aliphatic imine (C=N–C) groups is 1. The zero-order valence-electron chi connectivity index (χ0n) is 14.2. The van der Waals surface area contributed by atoms with E-state index in [1.54, 1.807) is 19.2 Å². The van der Waals surface area contributed by atoms with E-state index in [1.807, 2.05) is 23.9 Å². The average Bonchev–Trinajstić information content (AvgIpc) is 2.93. The molecular formula is C18H25FN4. The lowest BCUT2D eigenvalue weighted by Gasteiger charge is -2.26. The van der Waals surface area contributed by atoms with Gasteiger partial charge in [0.05, 0.1) is 0 Å². The smallest absolute Gasteiger partial charge is 0.191 e. The molecule has 0 aliphatic heterocycles. The number of hydrogen-bond acceptors (Lipinski definition) is 1. The van der Waals surface area contributed by atoms with Crippen LogP contribution in [0, 0.1) is 5.82 Å². The van der Waals surface area contributed by atoms with Gasteiger partial charge in [0, 0.05) is 45.0 Å². The predicted octanol–water partition coefficient (Wildman–Crippen LogP) is 2.81. The van der Waals surface area contributed by atoms with Gasteiger partial charge < -0.3 is 15.2 Å². The second-order valence-electron chi connectivity index (χ2n) is 6.36. The van der Waals surface area contributed by atoms with Crippen LogP contribution in [0.2, 0.25) is 0 Å². The zero-order chi connectivity index (χ0) is 16.9. The van der Waals surface area contributed by atoms with Crippen LogP contribution in [0.25, 0.3) is 0 Å². The predicted molar refractivity (Wildman–Crippen MR) is 93.0 cm³/mol. The number of hydrogen-bond donors (Lipinski definition) is 2. The summed E-state index contributed by atoms with van der Waals surface area (Å²) in [5.74, 6) is 0.528. The lowest BCUT2D eigenvalue weighted by atomic mass is 9.84. The van der Waals surface area contributed by atoms with Gasteiger partial charge in [0.15, 0.2) is 5.96 Å². The second-order valence-corrected chi connectivity index (χ2v) is 6.36. The molecule has 0 saturated carbocycles. The summed E-state index contributed by atoms with van der Waals surface area (Å²) < 4.78 is 15.4. The molecule has 0 aliphatic rings. The van der Waals surface area contributed by atoms with Gasteiger partial charge in [0.2, 0.25) is 0 Å². The number of halogens is 1. The Bertz CT molecular complexity index is 673. The SMILES string of the molecule is CN=C(NCc1ccn(C)c1)NCC(C)(C)c1cccc(F)c1. The number of nitrogens with one attached hydrogen (secondary N) is 2. The van der Waals surface area contributed by atoms with Gasteiger partial charge in [-0.25, -0.2) is 4.39 Å². The van der Waals surface area contributed by atoms with E-state index in [9.17, 15) is 4.39 Å². The molecule has 0 atom stereocenters. The Morgan fingerprint density at radius 3 is 2.65 bits per heavy atom. The summed E-state index contributed by atoms with van der Waals surface area (Å²) in [6.45, 7) is 5.53. The van der Waals surface area contributed by atoms with Gasteiger partial charge in [-0.1, -0.05) is 26.0 Å². The summed E-state index contributed by atoms with van der Waals surface area (Å²) in [4.78, 5) is 4.24. The van der Waals surface area contributed by atoms with E-state index in [-0.39, 0.29) is 11.2 Å². The van der Waals surface area contributed by atoms with Crippen LogP contribution in [-0.2, 0) is 19.0 Å². The van der Waals surface area contributed by atoms with Crippen molar-refractivity contribution in [3.05, 3.63) is 59.7 Å². The number of aromatic nitrogens is 1. The number of guanidine groups is 1. The molecule has 4 nitrogen and oxygen atoms in total. The van der Waals surface area contributed by atoms with E-state index in [0.717, 1.165) is 11.5 Å². The highest BCUT2D eigenvalue weighted by Crippen LogP contribution is 2.22. The van der Waals surface area contributed by atoms with Crippen LogP contribution in [0.5, 0.6) is 0 Å². The van der Waals surface area contributed by atoms with Gasteiger partial charge in [-0.15, -0.1) is 0 Å². The Morgan fingerprint density at radius 2 is 2.04 bits per heavy atom. The number of nitrogens with zero attached hydrogens (tertiary/aromatic N) is 2. The highest BCUT2D eigenvalue weighted by atomic mass is 19.1. The average molecular weight is 316 g/mol. The van der Waals surface area contributed by atoms with Crippen LogP contribution in [0.1, 0.15) is 25.0 Å². The first-order valence-electron chi connectivity index (χ1n) is 7.72. The third kappa shape index (κ3) is 4.84. The van der Waals surface area contributed by atoms with Crippen molar-refractivity contribution in [1.82, 2.24) is 15.2 Å². The maximum Gasteiger partial charge on any atom is 0.191 e. The summed E-state index contributed by atoms with van der Waals surface area (Å²) >= 11 is 0. The van der Waals surface area contributed by atoms with Gasteiger partial charge in [-0.3, -0.25) is 4.99 Å². The summed E-state index contributed by atoms with van der Waals surface area (Å²) in [7, 11) is 3.74. The molecule has 1 aromatic carbocycles. The van der Waals surface area contributed by atoms with Gasteiger partial charge in [-0.2, -0.15) is 0 Å². The van der Waals surface area contributed by atoms with Crippen LogP contribution in [-0.4, -0.2) is 24.1 Å². The molecule has 2 aromatic rings. The van der Waals surface area contributed by atoms with Crippen LogP contribution in [0.15, 0.2) is 47.7 Å². The maximum atomic E-state index is 13.4. The second kappa shape index (κ2) is 7.31. The molecule has 0 fully saturated rings. The fourth-order valence-electron chi connectivity index (χ4n) is 2.39. The minimum atomic E-state index is -0.206. The first kappa shape index (κ1) is 17.1. The van der Waals surface area contributed by atoms with E-state index in [4.69, 9.17) is 0 Å². The van der Waals surface area contributed by atoms with E-state index in [2.05, 4.69) is 41.7 Å². The molecule has 0 spiro atoms. The van der Waals surface area contributed by atoms with Gasteiger partial charge >= 0.3 is 0 Å². The van der Waals surface area contributed by atoms with Crippen molar-refractivity contribution in [2.75, 3.05) is 13.6 Å². The molecule has 2 N–H and O–H groups in total. The molecule has 5 heteroatoms. The zero-order valence-corrected chi connectivity index (χ0v) is 14.2. The van der Waals surface area contributed by atoms with E-state index in [1.165, 1.54) is 11.6 Å². The van der Waals surface area contributed by atoms with E-state index in [0.29, 0.717) is 13.1 Å². The number of benzene rings is 1. The molecular weight excluding hydrogens is 291 g/mol. The molecule has 23 heavy (non-hydrogen) atoms. The third-order valence-corrected chi connectivity index (χ3v) is 3.88. The Morgan fingerprint density at radius 1 is 1.26 bits per heavy atom. The minimum absolute atomic E-state index is 0.202. The van der Waals surface area contributed by atoms with Crippen LogP contribution in [0.4, 0.5) is 4.39 Å². The molecule has 0 bridgehead atoms. The normalized spacial score (nSPS) is 12.3. The summed E-state index contributed by atoms with van der Waals surface area (Å²) in [5.41, 5.74) is 1.95. The first-order valence-corrected chi connectivity index (χ1v) is 7.72. The molecule has 0 aliphatic carbocycles. The van der Waals surface area contributed by atoms with Crippen molar-refractivity contribution in [3.8, 4) is 0 Å². The molecule has 1 aromatic heterocycles. The van der Waals surface area contributed by atoms with Gasteiger partial charge in [0.25, 0.3) is 0 Å². The molecule has 2 rings (SSSR count). The van der Waals surface area contributed by atoms with Crippen molar-refractivity contribution < 1.29 is 4.39 Å². The minimum Gasteiger partial charge on any atom is -0.357 e. The van der Waals surface area contributed by atoms with Crippen LogP contribution >= 0.6 is 0 Å². The lowest BCUT2D eigenvalue weighted by molar-refractivity contribution is 0.503. The van der Waals surface area contributed by atoms with Crippen molar-refractivity contribution in [3.63, 3.8) is 0 Å². The van der Waals surface area contributed by atoms with E-state index >= 15 is 0 Å². The number of aryl methyl sites for hydroxylation is 1. The highest BCUT2D eigenvalue weighted by molar-refractivity contribution is 5.79. The molecule has 0 radical (unpaired) electrons. The lowest BCUT2D eigenvalue weighted by Crippen LogP contribution is -2.43. The number of rotatable bonds is 5.